The molecule has 0 aromatic rings. The van der Waals surface area contributed by atoms with Gasteiger partial charge in [0.05, 0.1) is 11.7 Å². The molecule has 2 aliphatic rings. The fourth-order valence-corrected chi connectivity index (χ4v) is 4.64. The summed E-state index contributed by atoms with van der Waals surface area (Å²) in [4.78, 5) is 38.8. The molecule has 2 amide bonds. The van der Waals surface area contributed by atoms with Crippen LogP contribution < -0.4 is 5.32 Å². The van der Waals surface area contributed by atoms with Crippen molar-refractivity contribution in [1.82, 2.24) is 10.2 Å². The zero-order valence-corrected chi connectivity index (χ0v) is 17.2. The number of aliphatic carboxylic acids is 1. The second-order valence-electron chi connectivity index (χ2n) is 7.91. The van der Waals surface area contributed by atoms with Crippen LogP contribution in [0.25, 0.3) is 0 Å². The van der Waals surface area contributed by atoms with Gasteiger partial charge in [-0.25, -0.2) is 0 Å². The highest BCUT2D eigenvalue weighted by atomic mass is 32.2. The quantitative estimate of drug-likeness (QED) is 0.646. The Morgan fingerprint density at radius 3 is 2.78 bits per heavy atom. The Balaban J connectivity index is 2.14. The first-order valence-electron chi connectivity index (χ1n) is 9.94. The minimum absolute atomic E-state index is 0.0184. The summed E-state index contributed by atoms with van der Waals surface area (Å²) in [6.45, 7) is 5.50. The van der Waals surface area contributed by atoms with E-state index in [-0.39, 0.29) is 18.2 Å². The van der Waals surface area contributed by atoms with Gasteiger partial charge in [0, 0.05) is 18.8 Å². The zero-order chi connectivity index (χ0) is 19.8. The highest BCUT2D eigenvalue weighted by molar-refractivity contribution is 8.00. The molecule has 1 aliphatic heterocycles. The Labute approximate surface area is 166 Å². The van der Waals surface area contributed by atoms with Gasteiger partial charge in [0.2, 0.25) is 11.8 Å². The molecule has 27 heavy (non-hydrogen) atoms. The largest absolute Gasteiger partial charge is 0.481 e. The zero-order valence-electron chi connectivity index (χ0n) is 16.4. The molecule has 152 valence electrons. The highest BCUT2D eigenvalue weighted by Crippen LogP contribution is 2.25. The van der Waals surface area contributed by atoms with Crippen LogP contribution >= 0.6 is 11.8 Å². The maximum atomic E-state index is 13.2. The van der Waals surface area contributed by atoms with Gasteiger partial charge in [0.15, 0.2) is 0 Å². The summed E-state index contributed by atoms with van der Waals surface area (Å²) >= 11 is 1.34. The van der Waals surface area contributed by atoms with Gasteiger partial charge < -0.3 is 15.3 Å². The van der Waals surface area contributed by atoms with Crippen LogP contribution in [-0.4, -0.2) is 57.9 Å². The van der Waals surface area contributed by atoms with E-state index in [4.69, 9.17) is 5.11 Å². The fourth-order valence-electron chi connectivity index (χ4n) is 3.55. The van der Waals surface area contributed by atoms with E-state index in [2.05, 4.69) is 31.3 Å². The molecule has 0 bridgehead atoms. The summed E-state index contributed by atoms with van der Waals surface area (Å²) in [5, 5.41) is 11.4. The number of amides is 2. The average molecular weight is 397 g/mol. The van der Waals surface area contributed by atoms with Gasteiger partial charge in [-0.05, 0) is 43.9 Å². The van der Waals surface area contributed by atoms with Gasteiger partial charge >= 0.3 is 5.97 Å². The number of nitrogens with zero attached hydrogens (tertiary/aromatic N) is 1. The molecule has 3 atom stereocenters. The third-order valence-corrected chi connectivity index (χ3v) is 6.38. The van der Waals surface area contributed by atoms with Gasteiger partial charge in [-0.1, -0.05) is 26.0 Å². The van der Waals surface area contributed by atoms with E-state index < -0.39 is 17.3 Å². The Hall–Kier alpha value is -1.50. The van der Waals surface area contributed by atoms with Crippen molar-refractivity contribution < 1.29 is 19.5 Å². The van der Waals surface area contributed by atoms with E-state index >= 15 is 0 Å². The molecule has 0 radical (unpaired) electrons. The third-order valence-electron chi connectivity index (χ3n) is 5.18. The smallest absolute Gasteiger partial charge is 0.305 e. The SMILES string of the molecule is CC(C)CCN1CCSC(CC(=O)O)C(=O)N[C@@H](CC2CC=CCC2)C1=O. The summed E-state index contributed by atoms with van der Waals surface area (Å²) in [6, 6.07) is -0.559. The van der Waals surface area contributed by atoms with Crippen LogP contribution in [-0.2, 0) is 14.4 Å². The normalized spacial score (nSPS) is 27.1. The number of carbonyl (C=O) groups is 3. The number of carboxylic acids is 1. The summed E-state index contributed by atoms with van der Waals surface area (Å²) in [6.07, 6.45) is 8.60. The summed E-state index contributed by atoms with van der Waals surface area (Å²) in [5.74, 6) is 0.123. The lowest BCUT2D eigenvalue weighted by atomic mass is 9.88. The van der Waals surface area contributed by atoms with Crippen molar-refractivity contribution in [3.05, 3.63) is 12.2 Å². The topological polar surface area (TPSA) is 86.7 Å². The van der Waals surface area contributed by atoms with Crippen LogP contribution in [0.3, 0.4) is 0 Å². The molecule has 1 heterocycles. The van der Waals surface area contributed by atoms with Gasteiger partial charge in [0.1, 0.15) is 6.04 Å². The van der Waals surface area contributed by atoms with Crippen molar-refractivity contribution in [3.63, 3.8) is 0 Å². The number of nitrogens with one attached hydrogen (secondary N) is 1. The van der Waals surface area contributed by atoms with Crippen molar-refractivity contribution in [3.8, 4) is 0 Å². The molecule has 2 rings (SSSR count). The van der Waals surface area contributed by atoms with Crippen molar-refractivity contribution in [2.24, 2.45) is 11.8 Å². The second-order valence-corrected chi connectivity index (χ2v) is 9.22. The number of carbonyl (C=O) groups excluding carboxylic acids is 2. The van der Waals surface area contributed by atoms with E-state index in [0.29, 0.717) is 37.1 Å². The first-order chi connectivity index (χ1) is 12.9. The Morgan fingerprint density at radius 2 is 2.15 bits per heavy atom. The van der Waals surface area contributed by atoms with E-state index in [1.54, 1.807) is 0 Å². The maximum absolute atomic E-state index is 13.2. The lowest BCUT2D eigenvalue weighted by molar-refractivity contribution is -0.139. The molecule has 0 spiro atoms. The molecule has 1 aliphatic carbocycles. The molecule has 1 fully saturated rings. The number of hydrogen-bond acceptors (Lipinski definition) is 4. The monoisotopic (exact) mass is 396 g/mol. The summed E-state index contributed by atoms with van der Waals surface area (Å²) in [7, 11) is 0. The molecular weight excluding hydrogens is 364 g/mol. The molecule has 0 aromatic carbocycles. The predicted molar refractivity (Wildman–Crippen MR) is 108 cm³/mol. The molecular formula is C20H32N2O4S. The lowest BCUT2D eigenvalue weighted by Crippen LogP contribution is -2.51. The van der Waals surface area contributed by atoms with Gasteiger partial charge in [-0.3, -0.25) is 14.4 Å². The molecule has 2 N–H and O–H groups in total. The molecule has 1 saturated heterocycles. The molecule has 6 nitrogen and oxygen atoms in total. The Bertz CT molecular complexity index is 564. The van der Waals surface area contributed by atoms with Crippen LogP contribution in [0, 0.1) is 11.8 Å². The van der Waals surface area contributed by atoms with Crippen molar-refractivity contribution >= 4 is 29.5 Å². The molecule has 0 saturated carbocycles. The van der Waals surface area contributed by atoms with E-state index in [9.17, 15) is 14.4 Å². The first-order valence-corrected chi connectivity index (χ1v) is 11.0. The minimum Gasteiger partial charge on any atom is -0.481 e. The minimum atomic E-state index is -0.987. The first kappa shape index (κ1) is 21.8. The van der Waals surface area contributed by atoms with Crippen LogP contribution in [0.4, 0.5) is 0 Å². The number of hydrogen-bond donors (Lipinski definition) is 2. The maximum Gasteiger partial charge on any atom is 0.305 e. The predicted octanol–water partition coefficient (Wildman–Crippen LogP) is 2.68. The van der Waals surface area contributed by atoms with Gasteiger partial charge in [-0.15, -0.1) is 11.8 Å². The van der Waals surface area contributed by atoms with Crippen molar-refractivity contribution in [1.29, 1.82) is 0 Å². The fraction of sp³-hybridized carbons (Fsp3) is 0.750. The van der Waals surface area contributed by atoms with Crippen LogP contribution in [0.2, 0.25) is 0 Å². The summed E-state index contributed by atoms with van der Waals surface area (Å²) in [5.41, 5.74) is 0. The average Bonchev–Trinajstić information content (AvgIpc) is 2.66. The second kappa shape index (κ2) is 10.7. The van der Waals surface area contributed by atoms with Gasteiger partial charge in [0.25, 0.3) is 0 Å². The third kappa shape index (κ3) is 7.20. The Morgan fingerprint density at radius 1 is 1.37 bits per heavy atom. The molecule has 7 heteroatoms. The van der Waals surface area contributed by atoms with E-state index in [0.717, 1.165) is 25.7 Å². The van der Waals surface area contributed by atoms with Crippen molar-refractivity contribution in [2.45, 2.75) is 63.7 Å². The van der Waals surface area contributed by atoms with Crippen LogP contribution in [0.1, 0.15) is 52.4 Å². The van der Waals surface area contributed by atoms with E-state index in [1.165, 1.54) is 11.8 Å². The van der Waals surface area contributed by atoms with Gasteiger partial charge in [-0.2, -0.15) is 0 Å². The number of carboxylic acid groups (broad SMARTS) is 1. The molecule has 2 unspecified atom stereocenters. The number of rotatable bonds is 7. The number of thioether (sulfide) groups is 1. The molecule has 0 aromatic heterocycles. The van der Waals surface area contributed by atoms with Crippen LogP contribution in [0.5, 0.6) is 0 Å². The standard InChI is InChI=1S/C20H32N2O4S/c1-14(2)8-9-22-10-11-27-17(13-18(23)24)19(25)21-16(20(22)26)12-15-6-4-3-5-7-15/h3-4,14-17H,5-13H2,1-2H3,(H,21,25)(H,23,24)/t15?,16-,17?/m0/s1. The Kier molecular flexibility index (Phi) is 8.67. The van der Waals surface area contributed by atoms with E-state index in [1.807, 2.05) is 4.90 Å². The van der Waals surface area contributed by atoms with Crippen molar-refractivity contribution in [2.75, 3.05) is 18.8 Å². The lowest BCUT2D eigenvalue weighted by Gasteiger charge is -2.30. The summed E-state index contributed by atoms with van der Waals surface area (Å²) < 4.78 is 0. The van der Waals surface area contributed by atoms with Crippen LogP contribution in [0.15, 0.2) is 12.2 Å². The number of allylic oxidation sites excluding steroid dienone is 2. The highest BCUT2D eigenvalue weighted by Gasteiger charge is 2.33.